The molecular formula is C21H32N2O8. The van der Waals surface area contributed by atoms with Crippen LogP contribution in [0.2, 0.25) is 0 Å². The number of nitrogens with two attached hydrogens (primary N) is 1. The van der Waals surface area contributed by atoms with E-state index >= 15 is 0 Å². The maximum absolute atomic E-state index is 12.0. The standard InChI is InChI=1S/C21H32N2O8/c1-19(2,25)21(27,28)14-11-23-6-5-12-7-15(29-3)16(30-4)8-13(12)20(23,26)9-17(14)31-18(24)10-22/h7-8,14,17,25-28H,5-6,9-11,22H2,1-4H3. The maximum Gasteiger partial charge on any atom is 0.319 e. The summed E-state index contributed by atoms with van der Waals surface area (Å²) in [4.78, 5) is 13.7. The molecule has 31 heavy (non-hydrogen) atoms. The first kappa shape index (κ1) is 23.7. The predicted molar refractivity (Wildman–Crippen MR) is 109 cm³/mol. The Morgan fingerprint density at radius 3 is 2.39 bits per heavy atom. The Balaban J connectivity index is 2.06. The van der Waals surface area contributed by atoms with Crippen LogP contribution in [-0.4, -0.2) is 82.6 Å². The number of nitrogens with zero attached hydrogens (tertiary/aromatic N) is 1. The lowest BCUT2D eigenvalue weighted by molar-refractivity contribution is -0.327. The number of rotatable bonds is 6. The molecule has 3 unspecified atom stereocenters. The summed E-state index contributed by atoms with van der Waals surface area (Å²) in [6.07, 6.45) is -0.687. The van der Waals surface area contributed by atoms with Gasteiger partial charge in [0, 0.05) is 25.1 Å². The van der Waals surface area contributed by atoms with E-state index in [9.17, 15) is 25.2 Å². The molecule has 10 nitrogen and oxygen atoms in total. The molecule has 1 aromatic rings. The van der Waals surface area contributed by atoms with Crippen molar-refractivity contribution in [2.45, 2.75) is 49.9 Å². The summed E-state index contributed by atoms with van der Waals surface area (Å²) in [5.74, 6) is -3.47. The van der Waals surface area contributed by atoms with Crippen molar-refractivity contribution in [2.24, 2.45) is 11.7 Å². The van der Waals surface area contributed by atoms with Crippen molar-refractivity contribution in [1.82, 2.24) is 4.90 Å². The van der Waals surface area contributed by atoms with Gasteiger partial charge in [0.1, 0.15) is 17.4 Å². The van der Waals surface area contributed by atoms with Crippen molar-refractivity contribution in [3.63, 3.8) is 0 Å². The summed E-state index contributed by atoms with van der Waals surface area (Å²) in [5.41, 5.74) is 3.33. The van der Waals surface area contributed by atoms with Gasteiger partial charge in [0.05, 0.1) is 26.7 Å². The van der Waals surface area contributed by atoms with Gasteiger partial charge in [-0.3, -0.25) is 9.69 Å². The van der Waals surface area contributed by atoms with E-state index in [1.54, 1.807) is 17.0 Å². The Kier molecular flexibility index (Phi) is 6.27. The van der Waals surface area contributed by atoms with E-state index in [1.165, 1.54) is 28.1 Å². The molecule has 2 aliphatic rings. The first-order chi connectivity index (χ1) is 14.4. The van der Waals surface area contributed by atoms with Gasteiger partial charge in [0.15, 0.2) is 17.3 Å². The molecule has 1 fully saturated rings. The van der Waals surface area contributed by atoms with Crippen molar-refractivity contribution in [1.29, 1.82) is 0 Å². The van der Waals surface area contributed by atoms with E-state index in [1.807, 2.05) is 0 Å². The summed E-state index contributed by atoms with van der Waals surface area (Å²) in [6, 6.07) is 3.49. The van der Waals surface area contributed by atoms with Crippen LogP contribution in [0.25, 0.3) is 0 Å². The normalized spacial score (nSPS) is 26.6. The SMILES string of the molecule is COc1cc2c(cc1OC)C1(O)CC(OC(=O)CN)C(C(O)(O)C(C)(C)O)CN1CC2. The molecule has 2 heterocycles. The van der Waals surface area contributed by atoms with Crippen molar-refractivity contribution < 1.29 is 39.4 Å². The lowest BCUT2D eigenvalue weighted by Crippen LogP contribution is -2.68. The van der Waals surface area contributed by atoms with E-state index < -0.39 is 41.6 Å². The van der Waals surface area contributed by atoms with Crippen LogP contribution in [-0.2, 0) is 21.7 Å². The van der Waals surface area contributed by atoms with Crippen molar-refractivity contribution >= 4 is 5.97 Å². The topological polar surface area (TPSA) is 155 Å². The van der Waals surface area contributed by atoms with Gasteiger partial charge < -0.3 is 40.4 Å². The molecule has 6 N–H and O–H groups in total. The number of fused-ring (bicyclic) bond motifs is 3. The fraction of sp³-hybridized carbons (Fsp3) is 0.667. The molecule has 0 bridgehead atoms. The predicted octanol–water partition coefficient (Wildman–Crippen LogP) is -0.951. The van der Waals surface area contributed by atoms with Gasteiger partial charge in [0.2, 0.25) is 0 Å². The molecule has 1 saturated heterocycles. The highest BCUT2D eigenvalue weighted by Gasteiger charge is 2.59. The lowest BCUT2D eigenvalue weighted by Gasteiger charge is -2.55. The van der Waals surface area contributed by atoms with Crippen LogP contribution in [0.15, 0.2) is 12.1 Å². The number of piperidine rings is 1. The molecule has 10 heteroatoms. The number of ether oxygens (including phenoxy) is 3. The quantitative estimate of drug-likeness (QED) is 0.276. The molecule has 3 atom stereocenters. The molecular weight excluding hydrogens is 408 g/mol. The Labute approximate surface area is 181 Å². The third-order valence-corrected chi connectivity index (χ3v) is 6.43. The Morgan fingerprint density at radius 2 is 1.84 bits per heavy atom. The number of hydrogen-bond donors (Lipinski definition) is 5. The number of benzene rings is 1. The van der Waals surface area contributed by atoms with E-state index in [2.05, 4.69) is 0 Å². The highest BCUT2D eigenvalue weighted by molar-refractivity contribution is 5.71. The molecule has 1 aromatic carbocycles. The Bertz CT molecular complexity index is 837. The average Bonchev–Trinajstić information content (AvgIpc) is 2.70. The number of carbonyl (C=O) groups excluding carboxylic acids is 1. The third-order valence-electron chi connectivity index (χ3n) is 6.43. The van der Waals surface area contributed by atoms with Crippen LogP contribution in [0.3, 0.4) is 0 Å². The minimum absolute atomic E-state index is 0.0379. The molecule has 3 rings (SSSR count). The van der Waals surface area contributed by atoms with Crippen LogP contribution < -0.4 is 15.2 Å². The van der Waals surface area contributed by atoms with Crippen LogP contribution in [0.4, 0.5) is 0 Å². The minimum Gasteiger partial charge on any atom is -0.493 e. The Morgan fingerprint density at radius 1 is 1.23 bits per heavy atom. The minimum atomic E-state index is -2.59. The summed E-state index contributed by atoms with van der Waals surface area (Å²) >= 11 is 0. The van der Waals surface area contributed by atoms with E-state index in [4.69, 9.17) is 19.9 Å². The summed E-state index contributed by atoms with van der Waals surface area (Å²) in [7, 11) is 3.02. The van der Waals surface area contributed by atoms with Crippen molar-refractivity contribution in [3.05, 3.63) is 23.3 Å². The van der Waals surface area contributed by atoms with Crippen molar-refractivity contribution in [2.75, 3.05) is 33.9 Å². The number of aliphatic hydroxyl groups is 4. The highest BCUT2D eigenvalue weighted by atomic mass is 16.6. The molecule has 0 saturated carbocycles. The molecule has 0 spiro atoms. The monoisotopic (exact) mass is 440 g/mol. The van der Waals surface area contributed by atoms with Crippen LogP contribution in [0.5, 0.6) is 11.5 Å². The van der Waals surface area contributed by atoms with Crippen LogP contribution >= 0.6 is 0 Å². The molecule has 0 radical (unpaired) electrons. The van der Waals surface area contributed by atoms with Crippen molar-refractivity contribution in [3.8, 4) is 11.5 Å². The zero-order chi connectivity index (χ0) is 23.2. The number of hydrogen-bond acceptors (Lipinski definition) is 10. The first-order valence-electron chi connectivity index (χ1n) is 10.2. The second kappa shape index (κ2) is 8.19. The fourth-order valence-electron chi connectivity index (χ4n) is 4.55. The van der Waals surface area contributed by atoms with Gasteiger partial charge in [-0.2, -0.15) is 0 Å². The van der Waals surface area contributed by atoms with Gasteiger partial charge in [-0.1, -0.05) is 0 Å². The average molecular weight is 440 g/mol. The number of esters is 1. The first-order valence-corrected chi connectivity index (χ1v) is 10.2. The third kappa shape index (κ3) is 3.99. The fourth-order valence-corrected chi connectivity index (χ4v) is 4.55. The molecule has 2 aliphatic heterocycles. The molecule has 0 aromatic heterocycles. The lowest BCUT2D eigenvalue weighted by atomic mass is 9.73. The maximum atomic E-state index is 12.0. The van der Waals surface area contributed by atoms with Gasteiger partial charge in [-0.15, -0.1) is 0 Å². The zero-order valence-corrected chi connectivity index (χ0v) is 18.3. The molecule has 0 aliphatic carbocycles. The van der Waals surface area contributed by atoms with E-state index in [-0.39, 0.29) is 13.0 Å². The largest absolute Gasteiger partial charge is 0.493 e. The van der Waals surface area contributed by atoms with Gasteiger partial charge in [-0.25, -0.2) is 0 Å². The van der Waals surface area contributed by atoms with Crippen LogP contribution in [0, 0.1) is 5.92 Å². The molecule has 0 amide bonds. The summed E-state index contributed by atoms with van der Waals surface area (Å²) < 4.78 is 16.2. The number of carbonyl (C=O) groups is 1. The smallest absolute Gasteiger partial charge is 0.319 e. The summed E-state index contributed by atoms with van der Waals surface area (Å²) in [6.45, 7) is 2.49. The summed E-state index contributed by atoms with van der Waals surface area (Å²) in [5, 5.41) is 43.7. The molecule has 174 valence electrons. The van der Waals surface area contributed by atoms with E-state index in [0.29, 0.717) is 30.0 Å². The zero-order valence-electron chi connectivity index (χ0n) is 18.3. The Hall–Kier alpha value is -1.95. The second-order valence-electron chi connectivity index (χ2n) is 8.71. The van der Waals surface area contributed by atoms with Crippen LogP contribution in [0.1, 0.15) is 31.4 Å². The van der Waals surface area contributed by atoms with E-state index in [0.717, 1.165) is 5.56 Å². The van der Waals surface area contributed by atoms with Gasteiger partial charge in [0.25, 0.3) is 0 Å². The number of methoxy groups -OCH3 is 2. The second-order valence-corrected chi connectivity index (χ2v) is 8.71. The van der Waals surface area contributed by atoms with Gasteiger partial charge >= 0.3 is 5.97 Å². The highest BCUT2D eigenvalue weighted by Crippen LogP contribution is 2.48. The van der Waals surface area contributed by atoms with Gasteiger partial charge in [-0.05, 0) is 38.0 Å².